The van der Waals surface area contributed by atoms with Crippen molar-refractivity contribution in [2.45, 2.75) is 32.7 Å². The molecule has 88 valence electrons. The molecular formula is C12H16ClNOS. The lowest BCUT2D eigenvalue weighted by molar-refractivity contribution is 0.0727. The summed E-state index contributed by atoms with van der Waals surface area (Å²) in [6.07, 6.45) is 2.30. The highest BCUT2D eigenvalue weighted by molar-refractivity contribution is 7.17. The van der Waals surface area contributed by atoms with E-state index in [1.165, 1.54) is 11.3 Å². The van der Waals surface area contributed by atoms with Crippen molar-refractivity contribution in [3.05, 3.63) is 21.3 Å². The minimum Gasteiger partial charge on any atom is -0.335 e. The predicted octanol–water partition coefficient (Wildman–Crippen LogP) is 3.66. The smallest absolute Gasteiger partial charge is 0.264 e. The van der Waals surface area contributed by atoms with Crippen LogP contribution in [0.2, 0.25) is 4.34 Å². The number of nitrogens with zero attached hydrogens (tertiary/aromatic N) is 1. The Morgan fingerprint density at radius 1 is 1.56 bits per heavy atom. The fourth-order valence-electron chi connectivity index (χ4n) is 1.75. The van der Waals surface area contributed by atoms with E-state index in [0.29, 0.717) is 16.3 Å². The Balaban J connectivity index is 2.10. The van der Waals surface area contributed by atoms with Gasteiger partial charge in [0.25, 0.3) is 5.91 Å². The third-order valence-electron chi connectivity index (χ3n) is 2.59. The normalized spacial score (nSPS) is 15.5. The van der Waals surface area contributed by atoms with E-state index in [-0.39, 0.29) is 5.91 Å². The van der Waals surface area contributed by atoms with Crippen LogP contribution in [-0.4, -0.2) is 23.4 Å². The second-order valence-electron chi connectivity index (χ2n) is 4.69. The third kappa shape index (κ3) is 2.77. The Kier molecular flexibility index (Phi) is 3.55. The molecule has 1 aliphatic carbocycles. The molecule has 0 unspecified atom stereocenters. The van der Waals surface area contributed by atoms with Gasteiger partial charge in [0.2, 0.25) is 0 Å². The van der Waals surface area contributed by atoms with E-state index in [4.69, 9.17) is 11.6 Å². The Morgan fingerprint density at radius 2 is 2.25 bits per heavy atom. The van der Waals surface area contributed by atoms with Gasteiger partial charge in [-0.25, -0.2) is 0 Å². The molecule has 0 aromatic carbocycles. The van der Waals surface area contributed by atoms with Crippen molar-refractivity contribution in [2.24, 2.45) is 5.92 Å². The molecule has 0 radical (unpaired) electrons. The molecule has 1 fully saturated rings. The van der Waals surface area contributed by atoms with Gasteiger partial charge in [0.1, 0.15) is 0 Å². The van der Waals surface area contributed by atoms with Crippen molar-refractivity contribution >= 4 is 28.8 Å². The molecule has 1 aliphatic rings. The van der Waals surface area contributed by atoms with E-state index in [9.17, 15) is 4.79 Å². The number of halogens is 1. The lowest BCUT2D eigenvalue weighted by Crippen LogP contribution is -2.35. The zero-order valence-corrected chi connectivity index (χ0v) is 11.1. The monoisotopic (exact) mass is 257 g/mol. The molecule has 0 N–H and O–H groups in total. The summed E-state index contributed by atoms with van der Waals surface area (Å²) in [7, 11) is 0. The quantitative estimate of drug-likeness (QED) is 0.806. The summed E-state index contributed by atoms with van der Waals surface area (Å²) >= 11 is 7.23. The average molecular weight is 258 g/mol. The van der Waals surface area contributed by atoms with Crippen molar-refractivity contribution < 1.29 is 4.79 Å². The fourth-order valence-corrected chi connectivity index (χ4v) is 2.75. The molecular weight excluding hydrogens is 242 g/mol. The number of hydrogen-bond donors (Lipinski definition) is 0. The Morgan fingerprint density at radius 3 is 2.69 bits per heavy atom. The summed E-state index contributed by atoms with van der Waals surface area (Å²) < 4.78 is 0.684. The number of carbonyl (C=O) groups is 1. The fraction of sp³-hybridized carbons (Fsp3) is 0.583. The van der Waals surface area contributed by atoms with Crippen LogP contribution < -0.4 is 0 Å². The first-order valence-electron chi connectivity index (χ1n) is 5.64. The first-order chi connectivity index (χ1) is 7.58. The lowest BCUT2D eigenvalue weighted by Gasteiger charge is -2.23. The van der Waals surface area contributed by atoms with Crippen LogP contribution in [0.5, 0.6) is 0 Å². The standard InChI is InChI=1S/C12H16ClNOS/c1-8(2)7-14(9-3-4-9)12(15)10-5-6-11(13)16-10/h5-6,8-9H,3-4,7H2,1-2H3. The summed E-state index contributed by atoms with van der Waals surface area (Å²) in [4.78, 5) is 15.0. The van der Waals surface area contributed by atoms with Crippen LogP contribution >= 0.6 is 22.9 Å². The molecule has 1 amide bonds. The van der Waals surface area contributed by atoms with Crippen molar-refractivity contribution in [3.8, 4) is 0 Å². The molecule has 2 rings (SSSR count). The topological polar surface area (TPSA) is 20.3 Å². The summed E-state index contributed by atoms with van der Waals surface area (Å²) in [6.45, 7) is 5.13. The van der Waals surface area contributed by atoms with Crippen molar-refractivity contribution in [3.63, 3.8) is 0 Å². The summed E-state index contributed by atoms with van der Waals surface area (Å²) in [5.41, 5.74) is 0. The average Bonchev–Trinajstić information content (AvgIpc) is 2.96. The maximum absolute atomic E-state index is 12.3. The van der Waals surface area contributed by atoms with Crippen LogP contribution in [0, 0.1) is 5.92 Å². The number of amides is 1. The van der Waals surface area contributed by atoms with Crippen LogP contribution in [-0.2, 0) is 0 Å². The van der Waals surface area contributed by atoms with Gasteiger partial charge < -0.3 is 4.90 Å². The molecule has 1 aromatic rings. The molecule has 1 saturated carbocycles. The highest BCUT2D eigenvalue weighted by atomic mass is 35.5. The first-order valence-corrected chi connectivity index (χ1v) is 6.83. The van der Waals surface area contributed by atoms with Crippen molar-refractivity contribution in [1.29, 1.82) is 0 Å². The van der Waals surface area contributed by atoms with Gasteiger partial charge in [-0.2, -0.15) is 0 Å². The second kappa shape index (κ2) is 4.76. The second-order valence-corrected chi connectivity index (χ2v) is 6.40. The molecule has 0 spiro atoms. The van der Waals surface area contributed by atoms with E-state index in [0.717, 1.165) is 24.3 Å². The summed E-state index contributed by atoms with van der Waals surface area (Å²) in [5, 5.41) is 0. The van der Waals surface area contributed by atoms with Gasteiger partial charge >= 0.3 is 0 Å². The van der Waals surface area contributed by atoms with Crippen LogP contribution in [0.25, 0.3) is 0 Å². The molecule has 1 aromatic heterocycles. The Labute approximate surface area is 105 Å². The van der Waals surface area contributed by atoms with Gasteiger partial charge in [-0.05, 0) is 30.9 Å². The highest BCUT2D eigenvalue weighted by Gasteiger charge is 2.33. The first kappa shape index (κ1) is 11.9. The van der Waals surface area contributed by atoms with Crippen LogP contribution in [0.15, 0.2) is 12.1 Å². The lowest BCUT2D eigenvalue weighted by atomic mass is 10.2. The predicted molar refractivity (Wildman–Crippen MR) is 68.2 cm³/mol. The number of thiophene rings is 1. The maximum atomic E-state index is 12.3. The molecule has 0 atom stereocenters. The summed E-state index contributed by atoms with van der Waals surface area (Å²) in [6, 6.07) is 4.08. The van der Waals surface area contributed by atoms with E-state index < -0.39 is 0 Å². The van der Waals surface area contributed by atoms with Gasteiger partial charge in [-0.3, -0.25) is 4.79 Å². The third-order valence-corrected chi connectivity index (χ3v) is 3.81. The van der Waals surface area contributed by atoms with Gasteiger partial charge in [0.05, 0.1) is 9.21 Å². The van der Waals surface area contributed by atoms with Crippen LogP contribution in [0.3, 0.4) is 0 Å². The van der Waals surface area contributed by atoms with Crippen molar-refractivity contribution in [1.82, 2.24) is 4.90 Å². The van der Waals surface area contributed by atoms with Gasteiger partial charge in [-0.15, -0.1) is 11.3 Å². The van der Waals surface area contributed by atoms with Crippen LogP contribution in [0.1, 0.15) is 36.4 Å². The summed E-state index contributed by atoms with van der Waals surface area (Å²) in [5.74, 6) is 0.660. The SMILES string of the molecule is CC(C)CN(C(=O)c1ccc(Cl)s1)C1CC1. The Bertz CT molecular complexity index is 384. The van der Waals surface area contributed by atoms with E-state index in [1.807, 2.05) is 11.0 Å². The van der Waals surface area contributed by atoms with E-state index >= 15 is 0 Å². The molecule has 0 bridgehead atoms. The molecule has 0 saturated heterocycles. The largest absolute Gasteiger partial charge is 0.335 e. The van der Waals surface area contributed by atoms with Crippen LogP contribution in [0.4, 0.5) is 0 Å². The molecule has 2 nitrogen and oxygen atoms in total. The molecule has 1 heterocycles. The molecule has 16 heavy (non-hydrogen) atoms. The van der Waals surface area contributed by atoms with Gasteiger partial charge in [0.15, 0.2) is 0 Å². The van der Waals surface area contributed by atoms with E-state index in [1.54, 1.807) is 6.07 Å². The molecule has 4 heteroatoms. The van der Waals surface area contributed by atoms with Gasteiger partial charge in [-0.1, -0.05) is 25.4 Å². The molecule has 0 aliphatic heterocycles. The van der Waals surface area contributed by atoms with Gasteiger partial charge in [0, 0.05) is 12.6 Å². The number of hydrogen-bond acceptors (Lipinski definition) is 2. The number of carbonyl (C=O) groups excluding carboxylic acids is 1. The highest BCUT2D eigenvalue weighted by Crippen LogP contribution is 2.31. The maximum Gasteiger partial charge on any atom is 0.264 e. The zero-order valence-electron chi connectivity index (χ0n) is 9.57. The number of rotatable bonds is 4. The van der Waals surface area contributed by atoms with E-state index in [2.05, 4.69) is 13.8 Å². The zero-order chi connectivity index (χ0) is 11.7. The Hall–Kier alpha value is -0.540. The minimum atomic E-state index is 0.146. The van der Waals surface area contributed by atoms with Crippen molar-refractivity contribution in [2.75, 3.05) is 6.54 Å². The minimum absolute atomic E-state index is 0.146.